The predicted molar refractivity (Wildman–Crippen MR) is 76.7 cm³/mol. The van der Waals surface area contributed by atoms with Crippen molar-refractivity contribution in [3.8, 4) is 0 Å². The third kappa shape index (κ3) is 2.70. The molecule has 0 heterocycles. The van der Waals surface area contributed by atoms with Crippen molar-refractivity contribution in [2.24, 2.45) is 5.73 Å². The molecule has 0 spiro atoms. The zero-order chi connectivity index (χ0) is 13.1. The number of aryl methyl sites for hydroxylation is 1. The van der Waals surface area contributed by atoms with E-state index in [0.29, 0.717) is 6.61 Å². The molecule has 0 fully saturated rings. The minimum absolute atomic E-state index is 0.0187. The van der Waals surface area contributed by atoms with Gasteiger partial charge in [-0.2, -0.15) is 0 Å². The van der Waals surface area contributed by atoms with Crippen molar-refractivity contribution < 1.29 is 4.74 Å². The zero-order valence-electron chi connectivity index (χ0n) is 11.0. The molecule has 0 aliphatic heterocycles. The van der Waals surface area contributed by atoms with Gasteiger partial charge in [0.15, 0.2) is 0 Å². The van der Waals surface area contributed by atoms with Crippen molar-refractivity contribution in [1.29, 1.82) is 0 Å². The van der Waals surface area contributed by atoms with E-state index in [1.54, 1.807) is 0 Å². The molecule has 0 aromatic heterocycles. The summed E-state index contributed by atoms with van der Waals surface area (Å²) in [6.07, 6.45) is 2.07. The van der Waals surface area contributed by atoms with Crippen LogP contribution in [-0.2, 0) is 17.8 Å². The molecule has 2 aromatic rings. The van der Waals surface area contributed by atoms with Gasteiger partial charge < -0.3 is 10.5 Å². The van der Waals surface area contributed by atoms with Crippen LogP contribution in [0.15, 0.2) is 54.6 Å². The lowest BCUT2D eigenvalue weighted by Crippen LogP contribution is -2.34. The van der Waals surface area contributed by atoms with Gasteiger partial charge in [0.2, 0.25) is 0 Å². The van der Waals surface area contributed by atoms with Crippen molar-refractivity contribution >= 4 is 0 Å². The van der Waals surface area contributed by atoms with Crippen molar-refractivity contribution in [2.75, 3.05) is 0 Å². The molecule has 2 atom stereocenters. The molecule has 3 rings (SSSR count). The predicted octanol–water partition coefficient (Wildman–Crippen LogP) is 3.22. The Balaban J connectivity index is 1.77. The fourth-order valence-electron chi connectivity index (χ4n) is 2.72. The summed E-state index contributed by atoms with van der Waals surface area (Å²) in [6.45, 7) is 0.619. The highest BCUT2D eigenvalue weighted by Crippen LogP contribution is 2.32. The van der Waals surface area contributed by atoms with Crippen molar-refractivity contribution in [3.05, 3.63) is 71.3 Å². The Morgan fingerprint density at radius 3 is 2.58 bits per heavy atom. The van der Waals surface area contributed by atoms with E-state index < -0.39 is 0 Å². The Morgan fingerprint density at radius 1 is 1.00 bits per heavy atom. The van der Waals surface area contributed by atoms with Gasteiger partial charge in [0.1, 0.15) is 0 Å². The average molecular weight is 253 g/mol. The van der Waals surface area contributed by atoms with E-state index in [2.05, 4.69) is 36.4 Å². The van der Waals surface area contributed by atoms with Crippen molar-refractivity contribution in [2.45, 2.75) is 31.6 Å². The molecule has 2 aromatic carbocycles. The number of rotatable bonds is 3. The zero-order valence-corrected chi connectivity index (χ0v) is 11.0. The average Bonchev–Trinajstić information content (AvgIpc) is 2.47. The second-order valence-electron chi connectivity index (χ2n) is 5.12. The molecular formula is C17H19NO. The minimum atomic E-state index is 0.0187. The van der Waals surface area contributed by atoms with Crippen LogP contribution in [0.2, 0.25) is 0 Å². The van der Waals surface area contributed by atoms with Gasteiger partial charge >= 0.3 is 0 Å². The maximum absolute atomic E-state index is 6.23. The number of hydrogen-bond donors (Lipinski definition) is 1. The molecule has 1 aliphatic carbocycles. The lowest BCUT2D eigenvalue weighted by molar-refractivity contribution is 0.0156. The van der Waals surface area contributed by atoms with Crippen LogP contribution in [0, 0.1) is 0 Å². The molecule has 98 valence electrons. The van der Waals surface area contributed by atoms with Gasteiger partial charge in [-0.25, -0.2) is 0 Å². The fraction of sp³-hybridized carbons (Fsp3) is 0.294. The number of hydrogen-bond acceptors (Lipinski definition) is 2. The molecule has 1 aliphatic rings. The van der Waals surface area contributed by atoms with Crippen LogP contribution in [0.1, 0.15) is 29.2 Å². The third-order valence-electron chi connectivity index (χ3n) is 3.77. The van der Waals surface area contributed by atoms with E-state index in [0.717, 1.165) is 12.8 Å². The standard InChI is InChI=1S/C17H19NO/c18-16-11-10-14-8-4-5-9-15(14)17(16)19-12-13-6-2-1-3-7-13/h1-9,16-17H,10-12,18H2. The lowest BCUT2D eigenvalue weighted by atomic mass is 9.86. The molecule has 0 saturated heterocycles. The van der Waals surface area contributed by atoms with Crippen LogP contribution in [0.5, 0.6) is 0 Å². The smallest absolute Gasteiger partial charge is 0.0983 e. The maximum atomic E-state index is 6.23. The Morgan fingerprint density at radius 2 is 1.74 bits per heavy atom. The first kappa shape index (κ1) is 12.4. The first-order valence-electron chi connectivity index (χ1n) is 6.83. The summed E-state index contributed by atoms with van der Waals surface area (Å²) < 4.78 is 6.08. The van der Waals surface area contributed by atoms with Gasteiger partial charge in [-0.3, -0.25) is 0 Å². The number of benzene rings is 2. The van der Waals surface area contributed by atoms with E-state index >= 15 is 0 Å². The van der Waals surface area contributed by atoms with Gasteiger partial charge in [0, 0.05) is 6.04 Å². The molecule has 2 unspecified atom stereocenters. The van der Waals surface area contributed by atoms with Crippen LogP contribution >= 0.6 is 0 Å². The first-order valence-corrected chi connectivity index (χ1v) is 6.83. The molecule has 0 radical (unpaired) electrons. The Bertz CT molecular complexity index is 538. The molecule has 0 amide bonds. The summed E-state index contributed by atoms with van der Waals surface area (Å²) >= 11 is 0. The highest BCUT2D eigenvalue weighted by molar-refractivity contribution is 5.32. The van der Waals surface area contributed by atoms with E-state index in [1.165, 1.54) is 16.7 Å². The van der Waals surface area contributed by atoms with Crippen LogP contribution in [-0.4, -0.2) is 6.04 Å². The van der Waals surface area contributed by atoms with E-state index in [4.69, 9.17) is 10.5 Å². The van der Waals surface area contributed by atoms with Crippen LogP contribution in [0.25, 0.3) is 0 Å². The second kappa shape index (κ2) is 5.55. The SMILES string of the molecule is NC1CCc2ccccc2C1OCc1ccccc1. The summed E-state index contributed by atoms with van der Waals surface area (Å²) in [5.41, 5.74) is 10.1. The van der Waals surface area contributed by atoms with Crippen LogP contribution in [0.4, 0.5) is 0 Å². The second-order valence-corrected chi connectivity index (χ2v) is 5.12. The Labute approximate surface area is 114 Å². The molecule has 19 heavy (non-hydrogen) atoms. The number of ether oxygens (including phenoxy) is 1. The molecule has 2 N–H and O–H groups in total. The van der Waals surface area contributed by atoms with Crippen LogP contribution in [0.3, 0.4) is 0 Å². The molecule has 2 nitrogen and oxygen atoms in total. The fourth-order valence-corrected chi connectivity index (χ4v) is 2.72. The molecular weight excluding hydrogens is 234 g/mol. The highest BCUT2D eigenvalue weighted by atomic mass is 16.5. The minimum Gasteiger partial charge on any atom is -0.367 e. The molecule has 2 heteroatoms. The Hall–Kier alpha value is -1.64. The quantitative estimate of drug-likeness (QED) is 0.911. The highest BCUT2D eigenvalue weighted by Gasteiger charge is 2.27. The lowest BCUT2D eigenvalue weighted by Gasteiger charge is -2.31. The topological polar surface area (TPSA) is 35.2 Å². The van der Waals surface area contributed by atoms with Gasteiger partial charge in [0.05, 0.1) is 12.7 Å². The van der Waals surface area contributed by atoms with Gasteiger partial charge in [-0.05, 0) is 29.5 Å². The first-order chi connectivity index (χ1) is 9.34. The van der Waals surface area contributed by atoms with Gasteiger partial charge in [-0.15, -0.1) is 0 Å². The van der Waals surface area contributed by atoms with Crippen molar-refractivity contribution in [3.63, 3.8) is 0 Å². The van der Waals surface area contributed by atoms with E-state index in [1.807, 2.05) is 18.2 Å². The van der Waals surface area contributed by atoms with Gasteiger partial charge in [-0.1, -0.05) is 54.6 Å². The van der Waals surface area contributed by atoms with Crippen LogP contribution < -0.4 is 5.73 Å². The molecule has 0 bridgehead atoms. The summed E-state index contributed by atoms with van der Waals surface area (Å²) in [4.78, 5) is 0. The van der Waals surface area contributed by atoms with E-state index in [-0.39, 0.29) is 12.1 Å². The summed E-state index contributed by atoms with van der Waals surface area (Å²) in [7, 11) is 0. The van der Waals surface area contributed by atoms with Crippen molar-refractivity contribution in [1.82, 2.24) is 0 Å². The summed E-state index contributed by atoms with van der Waals surface area (Å²) in [5.74, 6) is 0. The summed E-state index contributed by atoms with van der Waals surface area (Å²) in [5, 5.41) is 0. The number of nitrogens with two attached hydrogens (primary N) is 1. The molecule has 0 saturated carbocycles. The third-order valence-corrected chi connectivity index (χ3v) is 3.77. The van der Waals surface area contributed by atoms with E-state index in [9.17, 15) is 0 Å². The number of fused-ring (bicyclic) bond motifs is 1. The normalized spacial score (nSPS) is 21.9. The van der Waals surface area contributed by atoms with Gasteiger partial charge in [0.25, 0.3) is 0 Å². The maximum Gasteiger partial charge on any atom is 0.0983 e. The monoisotopic (exact) mass is 253 g/mol. The largest absolute Gasteiger partial charge is 0.367 e. The Kier molecular flexibility index (Phi) is 3.62. The summed E-state index contributed by atoms with van der Waals surface area (Å²) in [6, 6.07) is 18.8.